The largest absolute Gasteiger partial charge is 0.480 e. The van der Waals surface area contributed by atoms with E-state index < -0.39 is 53.8 Å². The fourth-order valence-corrected chi connectivity index (χ4v) is 6.22. The van der Waals surface area contributed by atoms with E-state index in [9.17, 15) is 24.3 Å². The summed E-state index contributed by atoms with van der Waals surface area (Å²) in [4.78, 5) is 58.9. The second-order valence-corrected chi connectivity index (χ2v) is 10.7. The minimum absolute atomic E-state index is 0.0113. The number of esters is 1. The maximum Gasteiger partial charge on any atom is 0.326 e. The van der Waals surface area contributed by atoms with Crippen LogP contribution >= 0.6 is 0 Å². The summed E-state index contributed by atoms with van der Waals surface area (Å²) in [5.41, 5.74) is 4.27. The third kappa shape index (κ3) is 5.09. The number of nitrogens with one attached hydrogen (secondary N) is 1. The summed E-state index contributed by atoms with van der Waals surface area (Å²) in [7, 11) is 0. The lowest BCUT2D eigenvalue weighted by molar-refractivity contribution is -0.576. The molecule has 0 aromatic rings. The highest BCUT2D eigenvalue weighted by Crippen LogP contribution is 2.60. The number of fused-ring (bicyclic) bond motifs is 2. The van der Waals surface area contributed by atoms with Crippen molar-refractivity contribution in [3.8, 4) is 0 Å². The molecule has 1 aliphatic carbocycles. The zero-order valence-electron chi connectivity index (χ0n) is 20.9. The zero-order valence-corrected chi connectivity index (χ0v) is 20.9. The van der Waals surface area contributed by atoms with Crippen molar-refractivity contribution >= 4 is 23.8 Å². The number of primary amides is 1. The summed E-state index contributed by atoms with van der Waals surface area (Å²) in [5.74, 6) is -3.82. The zero-order chi connectivity index (χ0) is 26.3. The fraction of sp³-hybridized carbons (Fsp3) is 0.833. The minimum Gasteiger partial charge on any atom is -0.480 e. The SMILES string of the molecule is C[C@H]1[C@H](OC(=O)CCC(=O)N[C@@H](CCC(N)=O)C(=O)O)O[C@@H]2O[C@]3(C)CC[C@H]4[C@H](C)CC[C@@H]1[C@]24OO3. The van der Waals surface area contributed by atoms with E-state index in [4.69, 9.17) is 29.7 Å². The topological polar surface area (TPSA) is 173 Å². The number of hydrogen-bond acceptors (Lipinski definition) is 9. The van der Waals surface area contributed by atoms with E-state index >= 15 is 0 Å². The van der Waals surface area contributed by atoms with Crippen LogP contribution in [0, 0.1) is 23.7 Å². The molecule has 12 heteroatoms. The van der Waals surface area contributed by atoms with Crippen LogP contribution in [-0.4, -0.2) is 58.9 Å². The summed E-state index contributed by atoms with van der Waals surface area (Å²) in [6.45, 7) is 5.97. The van der Waals surface area contributed by atoms with Crippen molar-refractivity contribution < 1.29 is 48.3 Å². The summed E-state index contributed by atoms with van der Waals surface area (Å²) in [6, 6.07) is -1.27. The van der Waals surface area contributed by atoms with Gasteiger partial charge in [0.25, 0.3) is 0 Å². The van der Waals surface area contributed by atoms with E-state index in [1.54, 1.807) is 0 Å². The van der Waals surface area contributed by atoms with Crippen LogP contribution in [0.4, 0.5) is 0 Å². The van der Waals surface area contributed by atoms with E-state index in [1.807, 2.05) is 13.8 Å². The quantitative estimate of drug-likeness (QED) is 0.302. The van der Waals surface area contributed by atoms with Crippen molar-refractivity contribution in [1.29, 1.82) is 0 Å². The minimum atomic E-state index is -1.29. The molecule has 36 heavy (non-hydrogen) atoms. The van der Waals surface area contributed by atoms with Gasteiger partial charge >= 0.3 is 11.9 Å². The number of carbonyl (C=O) groups is 4. The molecule has 5 aliphatic rings. The maximum absolute atomic E-state index is 12.6. The predicted octanol–water partition coefficient (Wildman–Crippen LogP) is 1.35. The number of amides is 2. The van der Waals surface area contributed by atoms with Crippen LogP contribution in [0.15, 0.2) is 0 Å². The number of ether oxygens (including phenoxy) is 3. The van der Waals surface area contributed by atoms with Crippen LogP contribution < -0.4 is 11.1 Å². The fourth-order valence-electron chi connectivity index (χ4n) is 6.22. The van der Waals surface area contributed by atoms with Crippen molar-refractivity contribution in [3.05, 3.63) is 0 Å². The third-order valence-electron chi connectivity index (χ3n) is 8.21. The highest BCUT2D eigenvalue weighted by atomic mass is 17.3. The summed E-state index contributed by atoms with van der Waals surface area (Å²) < 4.78 is 18.1. The number of hydrogen-bond donors (Lipinski definition) is 3. The molecule has 0 unspecified atom stereocenters. The third-order valence-corrected chi connectivity index (χ3v) is 8.21. The molecular formula is C24H36N2O10. The van der Waals surface area contributed by atoms with Gasteiger partial charge in [0.1, 0.15) is 6.04 Å². The number of nitrogens with two attached hydrogens (primary N) is 1. The smallest absolute Gasteiger partial charge is 0.326 e. The first kappa shape index (κ1) is 26.8. The van der Waals surface area contributed by atoms with Gasteiger partial charge in [0.05, 0.1) is 6.42 Å². The molecular weight excluding hydrogens is 476 g/mol. The Morgan fingerprint density at radius 1 is 1.08 bits per heavy atom. The number of carbonyl (C=O) groups excluding carboxylic acids is 3. The Morgan fingerprint density at radius 2 is 1.83 bits per heavy atom. The second kappa shape index (κ2) is 10.2. The van der Waals surface area contributed by atoms with E-state index in [1.165, 1.54) is 0 Å². The van der Waals surface area contributed by atoms with Crippen LogP contribution in [-0.2, 0) is 43.2 Å². The predicted molar refractivity (Wildman–Crippen MR) is 120 cm³/mol. The maximum atomic E-state index is 12.6. The van der Waals surface area contributed by atoms with Gasteiger partial charge in [-0.25, -0.2) is 14.6 Å². The summed E-state index contributed by atoms with van der Waals surface area (Å²) in [6.07, 6.45) is 0.910. The number of aliphatic carboxylic acids is 1. The van der Waals surface area contributed by atoms with Crippen LogP contribution in [0.2, 0.25) is 0 Å². The first-order chi connectivity index (χ1) is 16.9. The Morgan fingerprint density at radius 3 is 2.53 bits per heavy atom. The molecule has 2 bridgehead atoms. The van der Waals surface area contributed by atoms with Gasteiger partial charge in [-0.2, -0.15) is 0 Å². The van der Waals surface area contributed by atoms with Gasteiger partial charge in [-0.15, -0.1) is 0 Å². The average molecular weight is 513 g/mol. The molecule has 0 aromatic carbocycles. The Kier molecular flexibility index (Phi) is 7.61. The molecule has 0 aromatic heterocycles. The standard InChI is InChI=1S/C24H36N2O10/c1-12-4-5-15-13(2)21(33-22-24(15)14(12)10-11-23(3,34-22)35-36-24)32-19(29)9-8-18(28)26-16(20(30)31)6-7-17(25)27/h12-16,21-22H,4-11H2,1-3H3,(H2,25,27)(H,26,28)(H,30,31)/t12-,13-,14+,15+,16+,21-,22-,23+,24+/m1/s1. The first-order valence-corrected chi connectivity index (χ1v) is 12.7. The molecule has 4 saturated heterocycles. The highest BCUT2D eigenvalue weighted by Gasteiger charge is 2.69. The van der Waals surface area contributed by atoms with Gasteiger partial charge < -0.3 is 30.4 Å². The lowest BCUT2D eigenvalue weighted by Crippen LogP contribution is -2.70. The van der Waals surface area contributed by atoms with E-state index in [2.05, 4.69) is 12.2 Å². The molecule has 9 atom stereocenters. The van der Waals surface area contributed by atoms with E-state index in [0.717, 1.165) is 19.3 Å². The molecule has 12 nitrogen and oxygen atoms in total. The van der Waals surface area contributed by atoms with Crippen LogP contribution in [0.25, 0.3) is 0 Å². The average Bonchev–Trinajstić information content (AvgIpc) is 3.04. The number of carboxylic acid groups (broad SMARTS) is 1. The van der Waals surface area contributed by atoms with Crippen LogP contribution in [0.5, 0.6) is 0 Å². The Balaban J connectivity index is 1.36. The number of rotatable bonds is 9. The van der Waals surface area contributed by atoms with E-state index in [0.29, 0.717) is 12.3 Å². The van der Waals surface area contributed by atoms with Crippen molar-refractivity contribution in [3.63, 3.8) is 0 Å². The first-order valence-electron chi connectivity index (χ1n) is 12.7. The molecule has 4 N–H and O–H groups in total. The van der Waals surface area contributed by atoms with Gasteiger partial charge in [0, 0.05) is 31.1 Å². The molecule has 1 spiro atoms. The van der Waals surface area contributed by atoms with E-state index in [-0.39, 0.29) is 43.4 Å². The summed E-state index contributed by atoms with van der Waals surface area (Å²) >= 11 is 0. The lowest BCUT2D eigenvalue weighted by Gasteiger charge is -2.59. The summed E-state index contributed by atoms with van der Waals surface area (Å²) in [5, 5.41) is 11.5. The monoisotopic (exact) mass is 512 g/mol. The van der Waals surface area contributed by atoms with Gasteiger partial charge in [0.15, 0.2) is 11.9 Å². The van der Waals surface area contributed by atoms with Crippen molar-refractivity contribution in [1.82, 2.24) is 5.32 Å². The van der Waals surface area contributed by atoms with Crippen molar-refractivity contribution in [2.75, 3.05) is 0 Å². The van der Waals surface area contributed by atoms with Gasteiger partial charge in [-0.3, -0.25) is 14.4 Å². The molecule has 2 amide bonds. The van der Waals surface area contributed by atoms with Crippen molar-refractivity contribution in [2.45, 2.75) is 102 Å². The Bertz CT molecular complexity index is 898. The molecule has 1 saturated carbocycles. The molecule has 0 radical (unpaired) electrons. The van der Waals surface area contributed by atoms with Gasteiger partial charge in [-0.05, 0) is 44.4 Å². The Labute approximate surface area is 209 Å². The van der Waals surface area contributed by atoms with Crippen molar-refractivity contribution in [2.24, 2.45) is 29.4 Å². The number of carboxylic acids is 1. The molecule has 4 aliphatic heterocycles. The lowest BCUT2D eigenvalue weighted by atomic mass is 9.58. The van der Waals surface area contributed by atoms with Gasteiger partial charge in [0.2, 0.25) is 23.9 Å². The van der Waals surface area contributed by atoms with Gasteiger partial charge in [-0.1, -0.05) is 13.8 Å². The molecule has 5 fully saturated rings. The Hall–Kier alpha value is -2.28. The van der Waals surface area contributed by atoms with Crippen LogP contribution in [0.1, 0.15) is 72.1 Å². The molecule has 5 rings (SSSR count). The molecule has 202 valence electrons. The highest BCUT2D eigenvalue weighted by molar-refractivity contribution is 5.86. The van der Waals surface area contributed by atoms with Crippen LogP contribution in [0.3, 0.4) is 0 Å². The molecule has 4 heterocycles. The second-order valence-electron chi connectivity index (χ2n) is 10.7. The normalized spacial score (nSPS) is 39.9.